The van der Waals surface area contributed by atoms with E-state index in [9.17, 15) is 29.7 Å². The number of fused-ring (bicyclic) bond motifs is 4. The fraction of sp³-hybridized carbons (Fsp3) is 0.452. The molecule has 4 aliphatic heterocycles. The largest absolute Gasteiger partial charge is 0.494 e. The summed E-state index contributed by atoms with van der Waals surface area (Å²) in [7, 11) is -3.80. The van der Waals surface area contributed by atoms with Crippen LogP contribution < -0.4 is 34.8 Å². The summed E-state index contributed by atoms with van der Waals surface area (Å²) in [4.78, 5) is 66.7. The van der Waals surface area contributed by atoms with Crippen LogP contribution in [0.3, 0.4) is 0 Å². The smallest absolute Gasteiger partial charge is 0.264 e. The maximum absolute atomic E-state index is 17.4. The van der Waals surface area contributed by atoms with Crippen molar-refractivity contribution < 1.29 is 52.8 Å². The second-order valence-corrected chi connectivity index (χ2v) is 25.6. The molecule has 5 N–H and O–H groups in total. The van der Waals surface area contributed by atoms with Crippen molar-refractivity contribution in [2.45, 2.75) is 121 Å². The Balaban J connectivity index is 1.13. The molecule has 5 aromatic carbocycles. The molecule has 4 amide bonds. The van der Waals surface area contributed by atoms with E-state index in [0.29, 0.717) is 116 Å². The van der Waals surface area contributed by atoms with Crippen molar-refractivity contribution in [2.75, 3.05) is 67.4 Å². The molecule has 4 aliphatic rings. The van der Waals surface area contributed by atoms with Crippen molar-refractivity contribution in [3.8, 4) is 11.5 Å². The molecule has 0 aliphatic carbocycles. The number of halogens is 1. The molecule has 9 rings (SSSR count). The summed E-state index contributed by atoms with van der Waals surface area (Å²) in [5.41, 5.74) is 4.03. The van der Waals surface area contributed by atoms with E-state index in [1.54, 1.807) is 32.7 Å². The molecule has 0 saturated carbocycles. The van der Waals surface area contributed by atoms with Crippen LogP contribution in [0.2, 0.25) is 18.6 Å². The molecular formula is C62H77FN6O10Si. The maximum atomic E-state index is 17.4. The molecule has 0 radical (unpaired) electrons. The number of aliphatic hydroxyl groups excluding tert-OH is 3. The lowest BCUT2D eigenvalue weighted by Gasteiger charge is -2.36. The Bertz CT molecular complexity index is 3020. The lowest BCUT2D eigenvalue weighted by atomic mass is 9.82. The average Bonchev–Trinajstić information content (AvgIpc) is 3.76. The summed E-state index contributed by atoms with van der Waals surface area (Å²) < 4.78 is 36.4. The Morgan fingerprint density at radius 3 is 1.82 bits per heavy atom. The van der Waals surface area contributed by atoms with Gasteiger partial charge in [-0.2, -0.15) is 0 Å². The Morgan fingerprint density at radius 2 is 1.27 bits per heavy atom. The van der Waals surface area contributed by atoms with E-state index < -0.39 is 49.6 Å². The van der Waals surface area contributed by atoms with Crippen LogP contribution in [0.15, 0.2) is 109 Å². The fourth-order valence-corrected chi connectivity index (χ4v) is 15.0. The van der Waals surface area contributed by atoms with Crippen LogP contribution >= 0.6 is 0 Å². The average molecular weight is 1110 g/mol. The topological polar surface area (TPSA) is 194 Å². The van der Waals surface area contributed by atoms with Crippen molar-refractivity contribution in [1.29, 1.82) is 0 Å². The van der Waals surface area contributed by atoms with Crippen molar-refractivity contribution in [2.24, 2.45) is 5.92 Å². The Labute approximate surface area is 470 Å². The molecule has 5 aromatic rings. The van der Waals surface area contributed by atoms with E-state index in [1.807, 2.05) is 130 Å². The second kappa shape index (κ2) is 25.5. The van der Waals surface area contributed by atoms with Gasteiger partial charge >= 0.3 is 0 Å². The minimum absolute atomic E-state index is 0.0232. The van der Waals surface area contributed by atoms with Crippen LogP contribution in [0.1, 0.15) is 80.7 Å². The normalized spacial score (nSPS) is 21.5. The minimum Gasteiger partial charge on any atom is -0.494 e. The first-order chi connectivity index (χ1) is 38.6. The van der Waals surface area contributed by atoms with Gasteiger partial charge in [-0.05, 0) is 168 Å². The quantitative estimate of drug-likeness (QED) is 0.0215. The molecule has 4 heterocycles. The van der Waals surface area contributed by atoms with Gasteiger partial charge < -0.3 is 54.1 Å². The zero-order valence-electron chi connectivity index (χ0n) is 46.7. The third-order valence-corrected chi connectivity index (χ3v) is 18.5. The number of benzene rings is 5. The summed E-state index contributed by atoms with van der Waals surface area (Å²) in [6.07, 6.45) is 2.08. The van der Waals surface area contributed by atoms with Gasteiger partial charge in [-0.1, -0.05) is 49.4 Å². The Morgan fingerprint density at radius 1 is 0.713 bits per heavy atom. The highest BCUT2D eigenvalue weighted by molar-refractivity contribution is 6.72. The van der Waals surface area contributed by atoms with Gasteiger partial charge in [-0.15, -0.1) is 0 Å². The van der Waals surface area contributed by atoms with Gasteiger partial charge in [0.05, 0.1) is 68.0 Å². The van der Waals surface area contributed by atoms with Crippen LogP contribution in [-0.2, 0) is 55.4 Å². The fourth-order valence-electron chi connectivity index (χ4n) is 12.5. The molecule has 426 valence electrons. The second-order valence-electron chi connectivity index (χ2n) is 21.8. The molecule has 18 heteroatoms. The van der Waals surface area contributed by atoms with Crippen LogP contribution in [0.25, 0.3) is 0 Å². The number of hydrogen-bond acceptors (Lipinski definition) is 12. The Hall–Kier alpha value is -6.51. The lowest BCUT2D eigenvalue weighted by molar-refractivity contribution is -0.150. The number of nitrogens with zero attached hydrogens (tertiary/aromatic N) is 4. The first-order valence-electron chi connectivity index (χ1n) is 28.4. The van der Waals surface area contributed by atoms with E-state index in [2.05, 4.69) is 10.6 Å². The highest BCUT2D eigenvalue weighted by Gasteiger charge is 2.67. The predicted molar refractivity (Wildman–Crippen MR) is 309 cm³/mol. The van der Waals surface area contributed by atoms with Gasteiger partial charge in [0, 0.05) is 54.7 Å². The van der Waals surface area contributed by atoms with E-state index in [0.717, 1.165) is 16.7 Å². The third-order valence-electron chi connectivity index (χ3n) is 16.1. The van der Waals surface area contributed by atoms with Gasteiger partial charge in [0.1, 0.15) is 11.5 Å². The summed E-state index contributed by atoms with van der Waals surface area (Å²) in [5.74, 6) is -0.605. The van der Waals surface area contributed by atoms with Crippen LogP contribution in [0, 0.1) is 5.92 Å². The monoisotopic (exact) mass is 1110 g/mol. The van der Waals surface area contributed by atoms with Crippen molar-refractivity contribution in [1.82, 2.24) is 15.5 Å². The number of hydrogen-bond donors (Lipinski definition) is 5. The van der Waals surface area contributed by atoms with Crippen molar-refractivity contribution in [3.63, 3.8) is 0 Å². The van der Waals surface area contributed by atoms with Crippen molar-refractivity contribution in [3.05, 3.63) is 137 Å². The number of aliphatic hydroxyl groups is 3. The molecule has 0 aromatic heterocycles. The van der Waals surface area contributed by atoms with Gasteiger partial charge in [0.25, 0.3) is 5.91 Å². The van der Waals surface area contributed by atoms with Crippen LogP contribution in [0.4, 0.5) is 32.5 Å². The molecule has 1 saturated heterocycles. The molecule has 80 heavy (non-hydrogen) atoms. The third kappa shape index (κ3) is 11.9. The van der Waals surface area contributed by atoms with Gasteiger partial charge in [0.2, 0.25) is 26.1 Å². The zero-order valence-corrected chi connectivity index (χ0v) is 47.7. The lowest BCUT2D eigenvalue weighted by Crippen LogP contribution is -2.49. The number of ether oxygens (including phenoxy) is 3. The Kier molecular flexibility index (Phi) is 18.5. The first kappa shape index (κ1) is 58.2. The standard InChI is InChI=1S/C62H77FN6O10Si/c1-6-77-48-21-24-53-44(33-48)35-51(64-26-11-13-29-70)59(74)68(53)46-19-15-18-43(32-46)40-67-55-23-20-47(69-54-25-22-49(78-7-2)34-45(54)36-52(60(69)75)65-27-12-14-30-71)37-50(55)62(61(67)76)41(3)58(80(4,5)63)56(79-62)38-57(73)66(28-31-72)39-42-16-9-8-10-17-42/h8-10,15-25,32-34,37,41,51-52,56,58,64-65,70-72H,6-7,11-14,26-31,35-36,38-40H2,1-5H3/t41-,51?,52?,56+,58-,62+/m1/s1. The zero-order chi connectivity index (χ0) is 56.7. The molecule has 1 spiro atoms. The number of carbonyl (C=O) groups is 4. The number of anilines is 5. The molecule has 16 nitrogen and oxygen atoms in total. The van der Waals surface area contributed by atoms with Gasteiger partial charge in [0.15, 0.2) is 5.60 Å². The summed E-state index contributed by atoms with van der Waals surface area (Å²) >= 11 is 0. The van der Waals surface area contributed by atoms with E-state index >= 15 is 8.90 Å². The van der Waals surface area contributed by atoms with E-state index in [-0.39, 0.29) is 63.6 Å². The number of amides is 4. The molecule has 2 unspecified atom stereocenters. The van der Waals surface area contributed by atoms with E-state index in [4.69, 9.17) is 14.2 Å². The summed E-state index contributed by atoms with van der Waals surface area (Å²) in [5, 5.41) is 36.0. The number of rotatable bonds is 25. The maximum Gasteiger partial charge on any atom is 0.264 e. The highest BCUT2D eigenvalue weighted by Crippen LogP contribution is 2.61. The number of carbonyl (C=O) groups excluding carboxylic acids is 4. The molecule has 1 fully saturated rings. The van der Waals surface area contributed by atoms with Crippen LogP contribution in [-0.4, -0.2) is 123 Å². The van der Waals surface area contributed by atoms with E-state index in [1.165, 1.54) is 0 Å². The molecular weight excluding hydrogens is 1040 g/mol. The minimum atomic E-state index is -3.80. The molecule has 6 atom stereocenters. The van der Waals surface area contributed by atoms with Gasteiger partial charge in [-0.3, -0.25) is 29.0 Å². The SMILES string of the molecule is CCOc1ccc2c(c1)CC(NCCCCO)C(=O)N2c1cccc(CN2C(=O)[C@@]3(O[C@@H](CC(=O)N(CCO)Cc4ccccc4)[C@H]([Si](C)(C)F)[C@H]3C)c3cc(N4C(=O)C(NCCCCO)Cc5cc(OCC)ccc54)ccc32)c1. The predicted octanol–water partition coefficient (Wildman–Crippen LogP) is 8.12. The highest BCUT2D eigenvalue weighted by atomic mass is 28.4. The number of nitrogens with one attached hydrogen (secondary N) is 2. The molecule has 0 bridgehead atoms. The van der Waals surface area contributed by atoms with Crippen molar-refractivity contribution >= 4 is 60.5 Å². The first-order valence-corrected chi connectivity index (χ1v) is 31.3. The van der Waals surface area contributed by atoms with Crippen LogP contribution in [0.5, 0.6) is 11.5 Å². The van der Waals surface area contributed by atoms with Gasteiger partial charge in [-0.25, -0.2) is 0 Å². The summed E-state index contributed by atoms with van der Waals surface area (Å²) in [6, 6.07) is 32.6. The number of unbranched alkanes of at least 4 members (excludes halogenated alkanes) is 2. The summed E-state index contributed by atoms with van der Waals surface area (Å²) in [6.45, 7) is 10.9.